The highest BCUT2D eigenvalue weighted by Gasteiger charge is 2.24. The van der Waals surface area contributed by atoms with Gasteiger partial charge in [0.1, 0.15) is 16.0 Å². The second-order valence-electron chi connectivity index (χ2n) is 6.05. The maximum Gasteiger partial charge on any atom is 0.408 e. The van der Waals surface area contributed by atoms with Crippen LogP contribution in [0.1, 0.15) is 33.6 Å². The smallest absolute Gasteiger partial charge is 0.408 e. The van der Waals surface area contributed by atoms with Crippen LogP contribution in [0.2, 0.25) is 0 Å². The van der Waals surface area contributed by atoms with Crippen LogP contribution in [0, 0.1) is 0 Å². The molecule has 0 heterocycles. The number of alkyl carbamates (subject to hydrolysis) is 1. The number of unbranched alkanes of at least 4 members (excludes halogenated alkanes) is 1. The Morgan fingerprint density at radius 1 is 1.33 bits per heavy atom. The van der Waals surface area contributed by atoms with Crippen LogP contribution in [-0.4, -0.2) is 61.6 Å². The Balaban J connectivity index is 4.12. The molecule has 3 N–H and O–H groups in total. The molecule has 0 unspecified atom stereocenters. The number of carbonyl (C=O) groups is 2. The van der Waals surface area contributed by atoms with E-state index in [4.69, 9.17) is 22.1 Å². The van der Waals surface area contributed by atoms with Crippen molar-refractivity contribution in [2.75, 3.05) is 24.3 Å². The lowest BCUT2D eigenvalue weighted by Gasteiger charge is -2.22. The van der Waals surface area contributed by atoms with Gasteiger partial charge in [0.15, 0.2) is 0 Å². The van der Waals surface area contributed by atoms with Crippen molar-refractivity contribution in [3.63, 3.8) is 0 Å². The summed E-state index contributed by atoms with van der Waals surface area (Å²) in [6.45, 7) is 5.74. The second-order valence-corrected chi connectivity index (χ2v) is 9.30. The Kier molecular flexibility index (Phi) is 11.2. The quantitative estimate of drug-likeness (QED) is 0.398. The predicted octanol–water partition coefficient (Wildman–Crippen LogP) is 1.73. The minimum absolute atomic E-state index is 0.0966. The standard InChI is InChI=1S/C14H26N2O5S3/c1-14(2,3)21-12(19)16-10(11(17)18)9-23-13(22)15-7-5-6-8-24(4)20/h10H,5-9H2,1-4H3,(H,15,22)(H,16,19)(H,17,18)/t10-,24+/m0/s1. The summed E-state index contributed by atoms with van der Waals surface area (Å²) in [5.41, 5.74) is -0.695. The maximum atomic E-state index is 11.6. The molecule has 0 aliphatic carbocycles. The summed E-state index contributed by atoms with van der Waals surface area (Å²) in [6.07, 6.45) is 2.56. The number of aliphatic carboxylic acids is 1. The summed E-state index contributed by atoms with van der Waals surface area (Å²) in [5, 5.41) is 14.5. The molecule has 10 heteroatoms. The molecule has 24 heavy (non-hydrogen) atoms. The summed E-state index contributed by atoms with van der Waals surface area (Å²) in [6, 6.07) is -1.09. The zero-order valence-electron chi connectivity index (χ0n) is 14.4. The first-order valence-corrected chi connectivity index (χ1v) is 10.6. The third-order valence-electron chi connectivity index (χ3n) is 2.50. The number of carbonyl (C=O) groups excluding carboxylic acids is 1. The van der Waals surface area contributed by atoms with Crippen LogP contribution in [0.5, 0.6) is 0 Å². The number of hydrogen-bond acceptors (Lipinski definition) is 6. The fourth-order valence-corrected chi connectivity index (χ4v) is 3.12. The van der Waals surface area contributed by atoms with E-state index in [0.29, 0.717) is 16.6 Å². The number of hydrogen-bond donors (Lipinski definition) is 3. The van der Waals surface area contributed by atoms with Gasteiger partial charge in [0.25, 0.3) is 0 Å². The number of carboxylic acids is 1. The second kappa shape index (κ2) is 11.6. The van der Waals surface area contributed by atoms with E-state index in [1.807, 2.05) is 0 Å². The van der Waals surface area contributed by atoms with E-state index in [1.165, 1.54) is 0 Å². The predicted molar refractivity (Wildman–Crippen MR) is 102 cm³/mol. The van der Waals surface area contributed by atoms with Crippen LogP contribution in [0.4, 0.5) is 4.79 Å². The van der Waals surface area contributed by atoms with E-state index in [0.717, 1.165) is 24.6 Å². The number of amides is 1. The maximum absolute atomic E-state index is 11.6. The van der Waals surface area contributed by atoms with E-state index in [1.54, 1.807) is 27.0 Å². The van der Waals surface area contributed by atoms with Gasteiger partial charge in [-0.05, 0) is 33.6 Å². The van der Waals surface area contributed by atoms with Gasteiger partial charge in [-0.1, -0.05) is 24.0 Å². The van der Waals surface area contributed by atoms with Gasteiger partial charge in [-0.3, -0.25) is 4.21 Å². The van der Waals surface area contributed by atoms with Crippen molar-refractivity contribution in [2.24, 2.45) is 0 Å². The molecule has 140 valence electrons. The third-order valence-corrected chi connectivity index (χ3v) is 4.77. The highest BCUT2D eigenvalue weighted by molar-refractivity contribution is 8.23. The summed E-state index contributed by atoms with van der Waals surface area (Å²) >= 11 is 6.26. The number of thiocarbonyl (C=S) groups is 1. The Morgan fingerprint density at radius 2 is 1.96 bits per heavy atom. The van der Waals surface area contributed by atoms with E-state index < -0.39 is 34.5 Å². The van der Waals surface area contributed by atoms with Crippen molar-refractivity contribution in [2.45, 2.75) is 45.3 Å². The normalized spacial score (nSPS) is 13.7. The fraction of sp³-hybridized carbons (Fsp3) is 0.786. The van der Waals surface area contributed by atoms with Crippen LogP contribution in [-0.2, 0) is 20.3 Å². The summed E-state index contributed by atoms with van der Waals surface area (Å²) in [4.78, 5) is 22.8. The van der Waals surface area contributed by atoms with Gasteiger partial charge in [-0.2, -0.15) is 0 Å². The summed E-state index contributed by atoms with van der Waals surface area (Å²) in [5.74, 6) is -0.399. The van der Waals surface area contributed by atoms with E-state index in [2.05, 4.69) is 10.6 Å². The lowest BCUT2D eigenvalue weighted by Crippen LogP contribution is -2.45. The number of rotatable bonds is 9. The average molecular weight is 399 g/mol. The molecule has 0 aliphatic heterocycles. The Bertz CT molecular complexity index is 466. The van der Waals surface area contributed by atoms with Gasteiger partial charge in [0.2, 0.25) is 0 Å². The number of thioether (sulfide) groups is 1. The molecule has 1 amide bonds. The van der Waals surface area contributed by atoms with Gasteiger partial charge in [0, 0.05) is 35.1 Å². The molecule has 0 saturated carbocycles. The van der Waals surface area contributed by atoms with Gasteiger partial charge in [-0.25, -0.2) is 9.59 Å². The van der Waals surface area contributed by atoms with E-state index in [9.17, 15) is 13.8 Å². The minimum Gasteiger partial charge on any atom is -0.480 e. The average Bonchev–Trinajstić information content (AvgIpc) is 2.40. The zero-order chi connectivity index (χ0) is 18.8. The van der Waals surface area contributed by atoms with Crippen molar-refractivity contribution >= 4 is 51.2 Å². The molecule has 0 aliphatic rings. The lowest BCUT2D eigenvalue weighted by molar-refractivity contribution is -0.138. The van der Waals surface area contributed by atoms with Gasteiger partial charge in [-0.15, -0.1) is 0 Å². The SMILES string of the molecule is C[S@@](=O)CCCCNC(=S)SC[C@H](NC(=O)OC(C)(C)C)C(=O)O. The van der Waals surface area contributed by atoms with Crippen molar-refractivity contribution in [1.82, 2.24) is 10.6 Å². The highest BCUT2D eigenvalue weighted by atomic mass is 32.2. The first-order valence-electron chi connectivity index (χ1n) is 7.44. The van der Waals surface area contributed by atoms with Crippen LogP contribution in [0.25, 0.3) is 0 Å². The molecule has 0 aromatic carbocycles. The molecule has 0 aromatic rings. The molecule has 2 atom stereocenters. The van der Waals surface area contributed by atoms with Gasteiger partial charge < -0.3 is 20.5 Å². The zero-order valence-corrected chi connectivity index (χ0v) is 16.9. The van der Waals surface area contributed by atoms with Crippen LogP contribution in [0.3, 0.4) is 0 Å². The van der Waals surface area contributed by atoms with Crippen LogP contribution in [0.15, 0.2) is 0 Å². The largest absolute Gasteiger partial charge is 0.480 e. The van der Waals surface area contributed by atoms with E-state index >= 15 is 0 Å². The monoisotopic (exact) mass is 398 g/mol. The molecule has 7 nitrogen and oxygen atoms in total. The molecule has 0 fully saturated rings. The molecule has 0 saturated heterocycles. The van der Waals surface area contributed by atoms with Crippen molar-refractivity contribution in [1.29, 1.82) is 0 Å². The number of carboxylic acid groups (broad SMARTS) is 1. The summed E-state index contributed by atoms with van der Waals surface area (Å²) in [7, 11) is -0.791. The molecule has 0 aromatic heterocycles. The molecule has 0 spiro atoms. The summed E-state index contributed by atoms with van der Waals surface area (Å²) < 4.78 is 16.4. The van der Waals surface area contributed by atoms with Crippen molar-refractivity contribution < 1.29 is 23.6 Å². The topological polar surface area (TPSA) is 105 Å². The molecular formula is C14H26N2O5S3. The Morgan fingerprint density at radius 3 is 2.46 bits per heavy atom. The lowest BCUT2D eigenvalue weighted by atomic mass is 10.2. The van der Waals surface area contributed by atoms with Crippen LogP contribution < -0.4 is 10.6 Å². The number of nitrogens with one attached hydrogen (secondary N) is 2. The first-order chi connectivity index (χ1) is 11.0. The molecule has 0 bridgehead atoms. The Labute approximate surface area is 155 Å². The van der Waals surface area contributed by atoms with Gasteiger partial charge >= 0.3 is 12.1 Å². The fourth-order valence-electron chi connectivity index (χ4n) is 1.46. The molecule has 0 radical (unpaired) electrons. The van der Waals surface area contributed by atoms with Crippen molar-refractivity contribution in [3.8, 4) is 0 Å². The van der Waals surface area contributed by atoms with Crippen molar-refractivity contribution in [3.05, 3.63) is 0 Å². The van der Waals surface area contributed by atoms with Gasteiger partial charge in [0.05, 0.1) is 0 Å². The molecular weight excluding hydrogens is 372 g/mol. The van der Waals surface area contributed by atoms with E-state index in [-0.39, 0.29) is 5.75 Å². The minimum atomic E-state index is -1.15. The number of ether oxygens (including phenoxy) is 1. The Hall–Kier alpha value is -0.870. The highest BCUT2D eigenvalue weighted by Crippen LogP contribution is 2.09. The molecule has 0 rings (SSSR count). The van der Waals surface area contributed by atoms with Crippen LogP contribution >= 0.6 is 24.0 Å². The third kappa shape index (κ3) is 13.6. The first kappa shape index (κ1) is 23.1.